The van der Waals surface area contributed by atoms with Crippen LogP contribution in [-0.4, -0.2) is 11.1 Å². The van der Waals surface area contributed by atoms with Crippen molar-refractivity contribution in [3.05, 3.63) is 95.6 Å². The molecular weight excluding hydrogens is 284 g/mol. The van der Waals surface area contributed by atoms with Gasteiger partial charge in [-0.25, -0.2) is 4.79 Å². The fourth-order valence-corrected chi connectivity index (χ4v) is 2.54. The zero-order valence-electron chi connectivity index (χ0n) is 12.5. The molecule has 0 heterocycles. The molecule has 2 nitrogen and oxygen atoms in total. The molecule has 0 fully saturated rings. The Bertz CT molecular complexity index is 848. The van der Waals surface area contributed by atoms with Crippen LogP contribution in [0.15, 0.2) is 78.9 Å². The van der Waals surface area contributed by atoms with Crippen LogP contribution in [0.4, 0.5) is 0 Å². The predicted octanol–water partition coefficient (Wildman–Crippen LogP) is 5.22. The lowest BCUT2D eigenvalue weighted by Crippen LogP contribution is -1.99. The van der Waals surface area contributed by atoms with Crippen LogP contribution in [0, 0.1) is 0 Å². The number of carbonyl (C=O) groups is 1. The maximum Gasteiger partial charge on any atom is 0.336 e. The molecule has 0 spiro atoms. The summed E-state index contributed by atoms with van der Waals surface area (Å²) in [6.07, 6.45) is 4.05. The van der Waals surface area contributed by atoms with E-state index in [2.05, 4.69) is 0 Å². The lowest BCUT2D eigenvalue weighted by Gasteiger charge is -2.09. The Morgan fingerprint density at radius 3 is 2.04 bits per heavy atom. The molecule has 1 N–H and O–H groups in total. The Balaban J connectivity index is 2.06. The van der Waals surface area contributed by atoms with Crippen molar-refractivity contribution in [2.75, 3.05) is 0 Å². The van der Waals surface area contributed by atoms with Gasteiger partial charge in [0.05, 0.1) is 5.56 Å². The van der Waals surface area contributed by atoms with Crippen LogP contribution in [0.5, 0.6) is 0 Å². The molecule has 112 valence electrons. The minimum absolute atomic E-state index is 0.313. The minimum atomic E-state index is -0.914. The normalized spacial score (nSPS) is 10.8. The fourth-order valence-electron chi connectivity index (χ4n) is 2.54. The molecule has 0 unspecified atom stereocenters. The topological polar surface area (TPSA) is 37.3 Å². The van der Waals surface area contributed by atoms with Gasteiger partial charge in [0.1, 0.15) is 0 Å². The zero-order chi connectivity index (χ0) is 16.1. The summed E-state index contributed by atoms with van der Waals surface area (Å²) in [7, 11) is 0. The monoisotopic (exact) mass is 300 g/mol. The van der Waals surface area contributed by atoms with Crippen molar-refractivity contribution < 1.29 is 9.90 Å². The van der Waals surface area contributed by atoms with E-state index in [1.165, 1.54) is 0 Å². The Labute approximate surface area is 135 Å². The van der Waals surface area contributed by atoms with Gasteiger partial charge in [-0.15, -0.1) is 0 Å². The van der Waals surface area contributed by atoms with Gasteiger partial charge in [-0.3, -0.25) is 0 Å². The molecule has 0 amide bonds. The molecule has 0 radical (unpaired) electrons. The number of hydrogen-bond donors (Lipinski definition) is 1. The molecule has 3 rings (SSSR count). The molecule has 0 saturated heterocycles. The van der Waals surface area contributed by atoms with Crippen molar-refractivity contribution in [1.82, 2.24) is 0 Å². The van der Waals surface area contributed by atoms with Gasteiger partial charge in [-0.1, -0.05) is 84.9 Å². The summed E-state index contributed by atoms with van der Waals surface area (Å²) in [5, 5.41) is 9.41. The van der Waals surface area contributed by atoms with Crippen LogP contribution < -0.4 is 0 Å². The Morgan fingerprint density at radius 1 is 0.696 bits per heavy atom. The average Bonchev–Trinajstić information content (AvgIpc) is 2.61. The third kappa shape index (κ3) is 3.38. The zero-order valence-corrected chi connectivity index (χ0v) is 12.5. The maximum absolute atomic E-state index is 11.5. The molecule has 0 aliphatic carbocycles. The highest BCUT2D eigenvalue weighted by atomic mass is 16.4. The van der Waals surface area contributed by atoms with E-state index in [0.717, 1.165) is 22.3 Å². The van der Waals surface area contributed by atoms with E-state index in [0.29, 0.717) is 5.56 Å². The van der Waals surface area contributed by atoms with Crippen molar-refractivity contribution in [3.63, 3.8) is 0 Å². The van der Waals surface area contributed by atoms with E-state index < -0.39 is 5.97 Å². The first-order valence-electron chi connectivity index (χ1n) is 7.40. The summed E-state index contributed by atoms with van der Waals surface area (Å²) < 4.78 is 0. The Morgan fingerprint density at radius 2 is 1.30 bits per heavy atom. The molecular formula is C21H16O2. The second kappa shape index (κ2) is 6.75. The molecule has 0 aliphatic rings. The highest BCUT2D eigenvalue weighted by Gasteiger charge is 2.12. The number of aromatic carboxylic acids is 1. The Kier molecular flexibility index (Phi) is 4.34. The van der Waals surface area contributed by atoms with Gasteiger partial charge in [0, 0.05) is 0 Å². The van der Waals surface area contributed by atoms with E-state index in [1.54, 1.807) is 12.1 Å². The van der Waals surface area contributed by atoms with E-state index >= 15 is 0 Å². The van der Waals surface area contributed by atoms with Crippen molar-refractivity contribution in [1.29, 1.82) is 0 Å². The van der Waals surface area contributed by atoms with Gasteiger partial charge in [0.15, 0.2) is 0 Å². The van der Waals surface area contributed by atoms with Crippen molar-refractivity contribution >= 4 is 18.1 Å². The molecule has 3 aromatic carbocycles. The number of carboxylic acids is 1. The summed E-state index contributed by atoms with van der Waals surface area (Å²) in [6, 6.07) is 24.9. The average molecular weight is 300 g/mol. The number of carboxylic acid groups (broad SMARTS) is 1. The molecule has 0 bridgehead atoms. The van der Waals surface area contributed by atoms with E-state index in [4.69, 9.17) is 0 Å². The summed E-state index contributed by atoms with van der Waals surface area (Å²) in [4.78, 5) is 11.5. The van der Waals surface area contributed by atoms with Gasteiger partial charge in [-0.2, -0.15) is 0 Å². The Hall–Kier alpha value is -3.13. The molecule has 23 heavy (non-hydrogen) atoms. The summed E-state index contributed by atoms with van der Waals surface area (Å²) >= 11 is 0. The summed E-state index contributed by atoms with van der Waals surface area (Å²) in [6.45, 7) is 0. The largest absolute Gasteiger partial charge is 0.478 e. The fraction of sp³-hybridized carbons (Fsp3) is 0. The highest BCUT2D eigenvalue weighted by molar-refractivity contribution is 5.97. The first-order chi connectivity index (χ1) is 11.3. The van der Waals surface area contributed by atoms with E-state index in [9.17, 15) is 9.90 Å². The van der Waals surface area contributed by atoms with Gasteiger partial charge in [-0.05, 0) is 28.3 Å². The van der Waals surface area contributed by atoms with Gasteiger partial charge >= 0.3 is 5.97 Å². The lowest BCUT2D eigenvalue weighted by atomic mass is 9.95. The summed E-state index contributed by atoms with van der Waals surface area (Å²) in [5.41, 5.74) is 4.05. The first-order valence-corrected chi connectivity index (χ1v) is 7.40. The smallest absolute Gasteiger partial charge is 0.336 e. The molecule has 0 aromatic heterocycles. The van der Waals surface area contributed by atoms with Crippen LogP contribution in [0.2, 0.25) is 0 Å². The molecule has 0 atom stereocenters. The third-order valence-electron chi connectivity index (χ3n) is 3.66. The van der Waals surface area contributed by atoms with Crippen LogP contribution in [0.3, 0.4) is 0 Å². The third-order valence-corrected chi connectivity index (χ3v) is 3.66. The SMILES string of the molecule is O=C(O)c1ccccc1-c1ccccc1C=Cc1ccccc1. The number of rotatable bonds is 4. The maximum atomic E-state index is 11.5. The van der Waals surface area contributed by atoms with Crippen molar-refractivity contribution in [3.8, 4) is 11.1 Å². The van der Waals surface area contributed by atoms with Crippen molar-refractivity contribution in [2.24, 2.45) is 0 Å². The lowest BCUT2D eigenvalue weighted by molar-refractivity contribution is 0.0697. The van der Waals surface area contributed by atoms with Crippen LogP contribution in [0.1, 0.15) is 21.5 Å². The second-order valence-electron chi connectivity index (χ2n) is 5.18. The quantitative estimate of drug-likeness (QED) is 0.670. The van der Waals surface area contributed by atoms with Crippen LogP contribution in [0.25, 0.3) is 23.3 Å². The molecule has 3 aromatic rings. The van der Waals surface area contributed by atoms with Crippen molar-refractivity contribution in [2.45, 2.75) is 0 Å². The molecule has 0 saturated carbocycles. The van der Waals surface area contributed by atoms with Crippen LogP contribution in [-0.2, 0) is 0 Å². The molecule has 2 heteroatoms. The highest BCUT2D eigenvalue weighted by Crippen LogP contribution is 2.28. The van der Waals surface area contributed by atoms with Gasteiger partial charge in [0.25, 0.3) is 0 Å². The van der Waals surface area contributed by atoms with Crippen LogP contribution >= 0.6 is 0 Å². The summed E-state index contributed by atoms with van der Waals surface area (Å²) in [5.74, 6) is -0.914. The second-order valence-corrected chi connectivity index (χ2v) is 5.18. The number of hydrogen-bond acceptors (Lipinski definition) is 1. The predicted molar refractivity (Wildman–Crippen MR) is 94.2 cm³/mol. The van der Waals surface area contributed by atoms with E-state index in [-0.39, 0.29) is 0 Å². The first kappa shape index (κ1) is 14.8. The van der Waals surface area contributed by atoms with E-state index in [1.807, 2.05) is 78.9 Å². The van der Waals surface area contributed by atoms with Gasteiger partial charge in [0.2, 0.25) is 0 Å². The molecule has 0 aliphatic heterocycles. The minimum Gasteiger partial charge on any atom is -0.478 e. The van der Waals surface area contributed by atoms with Gasteiger partial charge < -0.3 is 5.11 Å². The number of benzene rings is 3. The standard InChI is InChI=1S/C21H16O2/c22-21(23)20-13-7-6-12-19(20)18-11-5-4-10-17(18)15-14-16-8-2-1-3-9-16/h1-15H,(H,22,23).